The molecule has 1 aromatic rings. The van der Waals surface area contributed by atoms with E-state index in [2.05, 4.69) is 9.88 Å². The van der Waals surface area contributed by atoms with Gasteiger partial charge in [0.05, 0.1) is 5.69 Å². The third-order valence-electron chi connectivity index (χ3n) is 2.77. The average Bonchev–Trinajstić information content (AvgIpc) is 2.32. The molecule has 1 aliphatic heterocycles. The van der Waals surface area contributed by atoms with Crippen molar-refractivity contribution in [2.75, 3.05) is 24.6 Å². The Balaban J connectivity index is 1.95. The molecule has 4 nitrogen and oxygen atoms in total. The molecule has 0 unspecified atom stereocenters. The van der Waals surface area contributed by atoms with Crippen LogP contribution in [0, 0.1) is 0 Å². The lowest BCUT2D eigenvalue weighted by Gasteiger charge is -2.26. The Morgan fingerprint density at radius 1 is 1.44 bits per heavy atom. The van der Waals surface area contributed by atoms with Crippen LogP contribution in [0.2, 0.25) is 0 Å². The second-order valence-electron chi connectivity index (χ2n) is 3.98. The standard InChI is InChI=1S/C11H17N3OS/c12-8-11-7-10(1-2-13-11)9-14-3-5-16(15)6-4-14/h1-2,7H,3-6,8-9,12H2. The first kappa shape index (κ1) is 11.7. The van der Waals surface area contributed by atoms with E-state index in [-0.39, 0.29) is 0 Å². The lowest BCUT2D eigenvalue weighted by molar-refractivity contribution is 0.291. The van der Waals surface area contributed by atoms with Crippen molar-refractivity contribution in [3.8, 4) is 0 Å². The normalized spacial score (nSPS) is 18.8. The minimum Gasteiger partial charge on any atom is -0.325 e. The molecule has 2 heterocycles. The summed E-state index contributed by atoms with van der Waals surface area (Å²) in [6, 6.07) is 4.07. The zero-order chi connectivity index (χ0) is 11.4. The van der Waals surface area contributed by atoms with Crippen LogP contribution < -0.4 is 5.73 Å². The van der Waals surface area contributed by atoms with E-state index in [1.165, 1.54) is 5.56 Å². The summed E-state index contributed by atoms with van der Waals surface area (Å²) in [6.07, 6.45) is 1.81. The number of hydrogen-bond acceptors (Lipinski definition) is 4. The third-order valence-corrected chi connectivity index (χ3v) is 4.04. The van der Waals surface area contributed by atoms with Crippen molar-refractivity contribution in [2.24, 2.45) is 5.73 Å². The summed E-state index contributed by atoms with van der Waals surface area (Å²) in [4.78, 5) is 6.50. The molecule has 0 amide bonds. The highest BCUT2D eigenvalue weighted by atomic mass is 32.2. The zero-order valence-corrected chi connectivity index (χ0v) is 10.1. The quantitative estimate of drug-likeness (QED) is 0.813. The first-order chi connectivity index (χ1) is 7.78. The predicted molar refractivity (Wildman–Crippen MR) is 65.3 cm³/mol. The van der Waals surface area contributed by atoms with Crippen LogP contribution in [0.1, 0.15) is 11.3 Å². The largest absolute Gasteiger partial charge is 0.325 e. The fourth-order valence-electron chi connectivity index (χ4n) is 1.83. The van der Waals surface area contributed by atoms with Crippen molar-refractivity contribution in [2.45, 2.75) is 13.1 Å². The van der Waals surface area contributed by atoms with Gasteiger partial charge in [-0.3, -0.25) is 14.1 Å². The Morgan fingerprint density at radius 2 is 2.19 bits per heavy atom. The highest BCUT2D eigenvalue weighted by molar-refractivity contribution is 7.85. The van der Waals surface area contributed by atoms with Crippen molar-refractivity contribution < 1.29 is 4.21 Å². The number of nitrogens with zero attached hydrogens (tertiary/aromatic N) is 2. The Labute approximate surface area is 98.3 Å². The smallest absolute Gasteiger partial charge is 0.0542 e. The van der Waals surface area contributed by atoms with Gasteiger partial charge in [-0.05, 0) is 17.7 Å². The fraction of sp³-hybridized carbons (Fsp3) is 0.545. The monoisotopic (exact) mass is 239 g/mol. The number of hydrogen-bond donors (Lipinski definition) is 1. The number of aromatic nitrogens is 1. The van der Waals surface area contributed by atoms with Crippen LogP contribution in [0.4, 0.5) is 0 Å². The van der Waals surface area contributed by atoms with Crippen LogP contribution in [-0.2, 0) is 23.9 Å². The van der Waals surface area contributed by atoms with Gasteiger partial charge in [0.25, 0.3) is 0 Å². The molecular formula is C11H17N3OS. The van der Waals surface area contributed by atoms with Gasteiger partial charge in [-0.15, -0.1) is 0 Å². The summed E-state index contributed by atoms with van der Waals surface area (Å²) in [5.41, 5.74) is 7.72. The van der Waals surface area contributed by atoms with Crippen LogP contribution in [0.5, 0.6) is 0 Å². The van der Waals surface area contributed by atoms with Crippen LogP contribution in [0.25, 0.3) is 0 Å². The highest BCUT2D eigenvalue weighted by Gasteiger charge is 2.15. The molecule has 1 aromatic heterocycles. The van der Waals surface area contributed by atoms with Crippen molar-refractivity contribution in [1.82, 2.24) is 9.88 Å². The van der Waals surface area contributed by atoms with E-state index < -0.39 is 10.8 Å². The van der Waals surface area contributed by atoms with Crippen LogP contribution in [0.15, 0.2) is 18.3 Å². The average molecular weight is 239 g/mol. The zero-order valence-electron chi connectivity index (χ0n) is 9.26. The van der Waals surface area contributed by atoms with E-state index in [9.17, 15) is 4.21 Å². The molecule has 2 rings (SSSR count). The molecule has 5 heteroatoms. The Morgan fingerprint density at radius 3 is 2.88 bits per heavy atom. The predicted octanol–water partition coefficient (Wildman–Crippen LogP) is 0.105. The first-order valence-electron chi connectivity index (χ1n) is 5.49. The molecular weight excluding hydrogens is 222 g/mol. The molecule has 1 saturated heterocycles. The third kappa shape index (κ3) is 3.10. The minimum atomic E-state index is -0.599. The molecule has 0 radical (unpaired) electrons. The molecule has 0 aliphatic carbocycles. The van der Waals surface area contributed by atoms with Gasteiger partial charge in [0.1, 0.15) is 0 Å². The topological polar surface area (TPSA) is 59.2 Å². The molecule has 0 bridgehead atoms. The van der Waals surface area contributed by atoms with Gasteiger partial charge in [-0.1, -0.05) is 0 Å². The van der Waals surface area contributed by atoms with Gasteiger partial charge in [0, 0.05) is 54.7 Å². The molecule has 1 aliphatic rings. The Hall–Kier alpha value is -0.780. The summed E-state index contributed by atoms with van der Waals surface area (Å²) in [5, 5.41) is 0. The molecule has 0 saturated carbocycles. The Bertz CT molecular complexity index is 373. The second-order valence-corrected chi connectivity index (χ2v) is 5.68. The van der Waals surface area contributed by atoms with Gasteiger partial charge < -0.3 is 5.73 Å². The van der Waals surface area contributed by atoms with E-state index in [1.807, 2.05) is 12.1 Å². The van der Waals surface area contributed by atoms with Crippen molar-refractivity contribution >= 4 is 10.8 Å². The molecule has 16 heavy (non-hydrogen) atoms. The van der Waals surface area contributed by atoms with E-state index in [0.29, 0.717) is 6.54 Å². The van der Waals surface area contributed by atoms with E-state index in [4.69, 9.17) is 5.73 Å². The molecule has 0 atom stereocenters. The van der Waals surface area contributed by atoms with E-state index in [1.54, 1.807) is 6.20 Å². The van der Waals surface area contributed by atoms with Crippen molar-refractivity contribution in [1.29, 1.82) is 0 Å². The van der Waals surface area contributed by atoms with E-state index >= 15 is 0 Å². The Kier molecular flexibility index (Phi) is 4.04. The minimum absolute atomic E-state index is 0.484. The summed E-state index contributed by atoms with van der Waals surface area (Å²) < 4.78 is 11.2. The van der Waals surface area contributed by atoms with Gasteiger partial charge >= 0.3 is 0 Å². The molecule has 88 valence electrons. The summed E-state index contributed by atoms with van der Waals surface area (Å²) >= 11 is 0. The molecule has 1 fully saturated rings. The van der Waals surface area contributed by atoms with Gasteiger partial charge in [-0.2, -0.15) is 0 Å². The van der Waals surface area contributed by atoms with Crippen LogP contribution in [0.3, 0.4) is 0 Å². The first-order valence-corrected chi connectivity index (χ1v) is 6.98. The SMILES string of the molecule is NCc1cc(CN2CCS(=O)CC2)ccn1. The van der Waals surface area contributed by atoms with E-state index in [0.717, 1.165) is 36.8 Å². The maximum Gasteiger partial charge on any atom is 0.0542 e. The fourth-order valence-corrected chi connectivity index (χ4v) is 2.96. The molecule has 2 N–H and O–H groups in total. The maximum atomic E-state index is 11.2. The lowest BCUT2D eigenvalue weighted by atomic mass is 10.2. The maximum absolute atomic E-state index is 11.2. The summed E-state index contributed by atoms with van der Waals surface area (Å²) in [7, 11) is -0.599. The number of rotatable bonds is 3. The summed E-state index contributed by atoms with van der Waals surface area (Å²) in [6.45, 7) is 3.24. The van der Waals surface area contributed by atoms with Gasteiger partial charge in [-0.25, -0.2) is 0 Å². The number of nitrogens with two attached hydrogens (primary N) is 1. The van der Waals surface area contributed by atoms with Crippen molar-refractivity contribution in [3.63, 3.8) is 0 Å². The molecule has 0 aromatic carbocycles. The lowest BCUT2D eigenvalue weighted by Crippen LogP contribution is -2.37. The highest BCUT2D eigenvalue weighted by Crippen LogP contribution is 2.08. The summed E-state index contributed by atoms with van der Waals surface area (Å²) in [5.74, 6) is 1.60. The van der Waals surface area contributed by atoms with Crippen LogP contribution in [-0.4, -0.2) is 38.7 Å². The van der Waals surface area contributed by atoms with Gasteiger partial charge in [0.15, 0.2) is 0 Å². The van der Waals surface area contributed by atoms with Gasteiger partial charge in [0.2, 0.25) is 0 Å². The number of pyridine rings is 1. The van der Waals surface area contributed by atoms with Crippen molar-refractivity contribution in [3.05, 3.63) is 29.6 Å². The second kappa shape index (κ2) is 5.52. The molecule has 0 spiro atoms. The van der Waals surface area contributed by atoms with Crippen LogP contribution >= 0.6 is 0 Å².